The van der Waals surface area contributed by atoms with Gasteiger partial charge in [-0.1, -0.05) is 27.7 Å². The maximum atomic E-state index is 5.93. The van der Waals surface area contributed by atoms with Crippen LogP contribution < -0.4 is 5.73 Å². The van der Waals surface area contributed by atoms with Crippen LogP contribution in [0.5, 0.6) is 0 Å². The maximum absolute atomic E-state index is 5.93. The molecule has 1 heterocycles. The highest BCUT2D eigenvalue weighted by molar-refractivity contribution is 4.81. The van der Waals surface area contributed by atoms with Crippen molar-refractivity contribution in [2.75, 3.05) is 33.3 Å². The molecule has 1 rings (SSSR count). The maximum Gasteiger partial charge on any atom is 0.0724 e. The van der Waals surface area contributed by atoms with Gasteiger partial charge in [-0.2, -0.15) is 0 Å². The second-order valence-corrected chi connectivity index (χ2v) is 7.17. The van der Waals surface area contributed by atoms with E-state index >= 15 is 0 Å². The minimum Gasteiger partial charge on any atom is -0.380 e. The van der Waals surface area contributed by atoms with E-state index in [4.69, 9.17) is 10.5 Å². The quantitative estimate of drug-likeness (QED) is 0.820. The van der Waals surface area contributed by atoms with Crippen LogP contribution >= 0.6 is 0 Å². The number of hydrogen-bond donors (Lipinski definition) is 1. The molecular weight excluding hydrogens is 224 g/mol. The van der Waals surface area contributed by atoms with Crippen molar-refractivity contribution in [3.05, 3.63) is 0 Å². The number of nitrogens with two attached hydrogens (primary N) is 1. The molecule has 1 saturated heterocycles. The Hall–Kier alpha value is -0.120. The summed E-state index contributed by atoms with van der Waals surface area (Å²) in [5.41, 5.74) is 6.30. The summed E-state index contributed by atoms with van der Waals surface area (Å²) in [5, 5.41) is 0. The third-order valence-corrected chi connectivity index (χ3v) is 4.03. The van der Waals surface area contributed by atoms with Crippen molar-refractivity contribution in [2.24, 2.45) is 23.0 Å². The van der Waals surface area contributed by atoms with E-state index in [9.17, 15) is 0 Å². The van der Waals surface area contributed by atoms with Gasteiger partial charge in [-0.25, -0.2) is 0 Å². The van der Waals surface area contributed by atoms with E-state index in [1.54, 1.807) is 0 Å². The molecule has 108 valence electrons. The van der Waals surface area contributed by atoms with Gasteiger partial charge in [0, 0.05) is 20.2 Å². The first kappa shape index (κ1) is 15.9. The number of nitrogens with zero attached hydrogens (tertiary/aromatic N) is 1. The topological polar surface area (TPSA) is 38.5 Å². The third kappa shape index (κ3) is 5.25. The fourth-order valence-electron chi connectivity index (χ4n) is 3.02. The van der Waals surface area contributed by atoms with Crippen LogP contribution in [0.25, 0.3) is 0 Å². The predicted octanol–water partition coefficient (Wildman–Crippen LogP) is 2.35. The van der Waals surface area contributed by atoms with Crippen LogP contribution in [0.2, 0.25) is 0 Å². The monoisotopic (exact) mass is 256 g/mol. The fourth-order valence-corrected chi connectivity index (χ4v) is 3.02. The first-order valence-corrected chi connectivity index (χ1v) is 7.31. The van der Waals surface area contributed by atoms with Crippen molar-refractivity contribution in [1.29, 1.82) is 0 Å². The predicted molar refractivity (Wildman–Crippen MR) is 77.6 cm³/mol. The van der Waals surface area contributed by atoms with Gasteiger partial charge in [0.25, 0.3) is 0 Å². The van der Waals surface area contributed by atoms with E-state index in [1.807, 2.05) is 7.11 Å². The molecule has 0 aliphatic carbocycles. The third-order valence-electron chi connectivity index (χ3n) is 4.03. The highest BCUT2D eigenvalue weighted by atomic mass is 16.5. The summed E-state index contributed by atoms with van der Waals surface area (Å²) in [6.07, 6.45) is 2.84. The molecule has 3 atom stereocenters. The minimum absolute atomic E-state index is 0.369. The zero-order valence-corrected chi connectivity index (χ0v) is 12.9. The van der Waals surface area contributed by atoms with Crippen LogP contribution in [-0.4, -0.2) is 44.3 Å². The van der Waals surface area contributed by atoms with Crippen molar-refractivity contribution in [1.82, 2.24) is 4.90 Å². The van der Waals surface area contributed by atoms with Gasteiger partial charge in [-0.3, -0.25) is 0 Å². The van der Waals surface area contributed by atoms with E-state index in [0.717, 1.165) is 19.6 Å². The highest BCUT2D eigenvalue weighted by Gasteiger charge is 2.28. The molecule has 1 aliphatic rings. The minimum atomic E-state index is 0.369. The molecule has 1 aliphatic heterocycles. The van der Waals surface area contributed by atoms with Crippen molar-refractivity contribution >= 4 is 0 Å². The Morgan fingerprint density at radius 2 is 2.06 bits per heavy atom. The van der Waals surface area contributed by atoms with Crippen LogP contribution in [0.15, 0.2) is 0 Å². The van der Waals surface area contributed by atoms with Gasteiger partial charge < -0.3 is 15.4 Å². The number of likely N-dealkylation sites (tertiary alicyclic amines) is 1. The number of hydrogen-bond acceptors (Lipinski definition) is 3. The first-order chi connectivity index (χ1) is 8.35. The Labute approximate surface area is 113 Å². The fraction of sp³-hybridized carbons (Fsp3) is 1.00. The average Bonchev–Trinajstić information content (AvgIpc) is 2.29. The van der Waals surface area contributed by atoms with Crippen molar-refractivity contribution in [2.45, 2.75) is 46.6 Å². The summed E-state index contributed by atoms with van der Waals surface area (Å²) in [6, 6.07) is 0. The Balaban J connectivity index is 2.45. The normalized spacial score (nSPS) is 28.3. The number of piperidine rings is 1. The van der Waals surface area contributed by atoms with Crippen molar-refractivity contribution in [3.63, 3.8) is 0 Å². The average molecular weight is 256 g/mol. The summed E-state index contributed by atoms with van der Waals surface area (Å²) in [6.45, 7) is 13.4. The van der Waals surface area contributed by atoms with Crippen molar-refractivity contribution < 1.29 is 4.74 Å². The Bertz CT molecular complexity index is 237. The molecule has 0 bridgehead atoms. The molecule has 0 aromatic rings. The lowest BCUT2D eigenvalue weighted by Crippen LogP contribution is -2.46. The number of rotatable bonds is 5. The van der Waals surface area contributed by atoms with Crippen LogP contribution in [0.3, 0.4) is 0 Å². The summed E-state index contributed by atoms with van der Waals surface area (Å²) in [5.74, 6) is 1.29. The molecule has 3 unspecified atom stereocenters. The molecule has 0 spiro atoms. The van der Waals surface area contributed by atoms with Gasteiger partial charge in [-0.15, -0.1) is 0 Å². The Morgan fingerprint density at radius 3 is 2.56 bits per heavy atom. The highest BCUT2D eigenvalue weighted by Crippen LogP contribution is 2.26. The summed E-state index contributed by atoms with van der Waals surface area (Å²) in [4.78, 5) is 2.54. The van der Waals surface area contributed by atoms with Gasteiger partial charge in [0.2, 0.25) is 0 Å². The molecule has 1 fully saturated rings. The van der Waals surface area contributed by atoms with Crippen LogP contribution in [-0.2, 0) is 4.74 Å². The lowest BCUT2D eigenvalue weighted by atomic mass is 9.84. The van der Waals surface area contributed by atoms with E-state index in [0.29, 0.717) is 23.4 Å². The lowest BCUT2D eigenvalue weighted by Gasteiger charge is -2.38. The molecule has 0 radical (unpaired) electrons. The summed E-state index contributed by atoms with van der Waals surface area (Å²) < 4.78 is 5.58. The molecule has 0 aromatic heterocycles. The molecule has 3 nitrogen and oxygen atoms in total. The summed E-state index contributed by atoms with van der Waals surface area (Å²) in [7, 11) is 1.83. The number of ether oxygens (including phenoxy) is 1. The largest absolute Gasteiger partial charge is 0.380 e. The van der Waals surface area contributed by atoms with Crippen LogP contribution in [0, 0.1) is 17.3 Å². The second kappa shape index (κ2) is 6.88. The van der Waals surface area contributed by atoms with Crippen molar-refractivity contribution in [3.8, 4) is 0 Å². The zero-order valence-electron chi connectivity index (χ0n) is 12.9. The molecule has 0 saturated carbocycles. The molecule has 0 aromatic carbocycles. The SMILES string of the molecule is COC1CN(CC(CN)CC(C)(C)C)CCC1C. The second-order valence-electron chi connectivity index (χ2n) is 7.17. The molecular formula is C15H32N2O. The van der Waals surface area contributed by atoms with Gasteiger partial charge in [0.05, 0.1) is 6.10 Å². The van der Waals surface area contributed by atoms with E-state index in [-0.39, 0.29) is 0 Å². The van der Waals surface area contributed by atoms with E-state index in [2.05, 4.69) is 32.6 Å². The van der Waals surface area contributed by atoms with E-state index < -0.39 is 0 Å². The zero-order chi connectivity index (χ0) is 13.8. The lowest BCUT2D eigenvalue weighted by molar-refractivity contribution is -0.0104. The van der Waals surface area contributed by atoms with Crippen LogP contribution in [0.4, 0.5) is 0 Å². The van der Waals surface area contributed by atoms with Gasteiger partial charge >= 0.3 is 0 Å². The smallest absolute Gasteiger partial charge is 0.0724 e. The van der Waals surface area contributed by atoms with Gasteiger partial charge in [0.1, 0.15) is 0 Å². The molecule has 0 amide bonds. The Kier molecular flexibility index (Phi) is 6.09. The van der Waals surface area contributed by atoms with Crippen LogP contribution in [0.1, 0.15) is 40.5 Å². The Morgan fingerprint density at radius 1 is 1.39 bits per heavy atom. The standard InChI is InChI=1S/C15H32N2O/c1-12-6-7-17(11-14(12)18-5)10-13(9-16)8-15(2,3)4/h12-14H,6-11,16H2,1-5H3. The summed E-state index contributed by atoms with van der Waals surface area (Å²) >= 11 is 0. The first-order valence-electron chi connectivity index (χ1n) is 7.31. The molecule has 18 heavy (non-hydrogen) atoms. The molecule has 2 N–H and O–H groups in total. The number of methoxy groups -OCH3 is 1. The van der Waals surface area contributed by atoms with Gasteiger partial charge in [-0.05, 0) is 43.2 Å². The van der Waals surface area contributed by atoms with E-state index in [1.165, 1.54) is 19.4 Å². The molecule has 3 heteroatoms. The van der Waals surface area contributed by atoms with Gasteiger partial charge in [0.15, 0.2) is 0 Å².